The maximum Gasteiger partial charge on any atom is 0.0868 e. The summed E-state index contributed by atoms with van der Waals surface area (Å²) < 4.78 is 0. The molecule has 0 aliphatic heterocycles. The van der Waals surface area contributed by atoms with Crippen LogP contribution < -0.4 is 5.19 Å². The van der Waals surface area contributed by atoms with Crippen LogP contribution in [0.3, 0.4) is 0 Å². The fraction of sp³-hybridized carbons (Fsp3) is 0.455. The lowest BCUT2D eigenvalue weighted by Crippen LogP contribution is -2.23. The van der Waals surface area contributed by atoms with Crippen molar-refractivity contribution < 1.29 is 0 Å². The molecule has 0 spiro atoms. The Morgan fingerprint density at radius 2 is 1.83 bits per heavy atom. The predicted molar refractivity (Wildman–Crippen MR) is 56.3 cm³/mol. The normalized spacial score (nSPS) is 11.7. The monoisotopic (exact) mass is 176 g/mol. The first kappa shape index (κ1) is 9.52. The third kappa shape index (κ3) is 3.22. The molecule has 0 aromatic heterocycles. The van der Waals surface area contributed by atoms with Gasteiger partial charge in [0.1, 0.15) is 0 Å². The molecule has 64 valence electrons. The molecule has 0 unspecified atom stereocenters. The van der Waals surface area contributed by atoms with Crippen LogP contribution in [0.1, 0.15) is 26.3 Å². The first-order valence-electron chi connectivity index (χ1n) is 4.32. The van der Waals surface area contributed by atoms with Crippen molar-refractivity contribution in [2.24, 2.45) is 0 Å². The summed E-state index contributed by atoms with van der Waals surface area (Å²) in [6.07, 6.45) is 0. The third-order valence-electron chi connectivity index (χ3n) is 1.54. The van der Waals surface area contributed by atoms with Gasteiger partial charge in [0.05, 0.1) is 9.52 Å². The lowest BCUT2D eigenvalue weighted by atomic mass is 10.2. The summed E-state index contributed by atoms with van der Waals surface area (Å²) in [5.41, 5.74) is 1.37. The topological polar surface area (TPSA) is 0 Å². The van der Waals surface area contributed by atoms with Crippen LogP contribution in [0.15, 0.2) is 24.3 Å². The minimum absolute atomic E-state index is 0.424. The van der Waals surface area contributed by atoms with Gasteiger partial charge in [0, 0.05) is 0 Å². The van der Waals surface area contributed by atoms with Crippen molar-refractivity contribution in [2.45, 2.75) is 32.7 Å². The molecule has 1 rings (SSSR count). The smallest absolute Gasteiger partial charge is 0.0635 e. The molecule has 0 aliphatic rings. The van der Waals surface area contributed by atoms with Crippen LogP contribution in [0.5, 0.6) is 0 Å². The van der Waals surface area contributed by atoms with E-state index in [-0.39, 0.29) is 0 Å². The van der Waals surface area contributed by atoms with Crippen molar-refractivity contribution in [1.29, 1.82) is 0 Å². The van der Waals surface area contributed by atoms with E-state index in [1.807, 2.05) is 0 Å². The Bertz CT molecular complexity index is 258. The van der Waals surface area contributed by atoms with Crippen LogP contribution in [-0.4, -0.2) is 9.52 Å². The first-order chi connectivity index (χ1) is 5.47. The van der Waals surface area contributed by atoms with E-state index < -0.39 is 0 Å². The van der Waals surface area contributed by atoms with Gasteiger partial charge in [0.2, 0.25) is 0 Å². The van der Waals surface area contributed by atoms with Gasteiger partial charge in [0.25, 0.3) is 0 Å². The van der Waals surface area contributed by atoms with Gasteiger partial charge < -0.3 is 0 Å². The van der Waals surface area contributed by atoms with Crippen LogP contribution in [-0.2, 0) is 0 Å². The van der Waals surface area contributed by atoms with Gasteiger partial charge in [-0.05, 0) is 12.0 Å². The summed E-state index contributed by atoms with van der Waals surface area (Å²) in [7, 11) is 0.910. The van der Waals surface area contributed by atoms with Crippen molar-refractivity contribution in [2.75, 3.05) is 0 Å². The third-order valence-corrected chi connectivity index (χ3v) is 2.89. The minimum atomic E-state index is 0.424. The summed E-state index contributed by atoms with van der Waals surface area (Å²) >= 11 is 0. The summed E-state index contributed by atoms with van der Waals surface area (Å²) in [6.45, 7) is 9.01. The predicted octanol–water partition coefficient (Wildman–Crippen LogP) is 2.54. The zero-order chi connectivity index (χ0) is 9.19. The Morgan fingerprint density at radius 1 is 1.17 bits per heavy atom. The van der Waals surface area contributed by atoms with Gasteiger partial charge in [-0.3, -0.25) is 0 Å². The fourth-order valence-corrected chi connectivity index (χ4v) is 2.50. The van der Waals surface area contributed by atoms with Crippen LogP contribution in [0.4, 0.5) is 0 Å². The molecule has 1 heteroatoms. The highest BCUT2D eigenvalue weighted by Gasteiger charge is 2.12. The largest absolute Gasteiger partial charge is 0.0868 e. The number of benzene rings is 1. The van der Waals surface area contributed by atoms with Crippen molar-refractivity contribution >= 4 is 14.7 Å². The standard InChI is InChI=1S/C11H16Si/c1-9-6-5-7-10(8-9)12-11(2,3)4/h5-8H,1-4H3. The Morgan fingerprint density at radius 3 is 2.33 bits per heavy atom. The molecule has 1 aromatic rings. The molecule has 0 saturated carbocycles. The molecule has 0 N–H and O–H groups in total. The van der Waals surface area contributed by atoms with Gasteiger partial charge in [-0.2, -0.15) is 0 Å². The lowest BCUT2D eigenvalue weighted by Gasteiger charge is -2.16. The molecule has 0 nitrogen and oxygen atoms in total. The maximum absolute atomic E-state index is 2.29. The molecule has 0 amide bonds. The quantitative estimate of drug-likeness (QED) is 0.577. The van der Waals surface area contributed by atoms with E-state index in [0.29, 0.717) is 5.04 Å². The first-order valence-corrected chi connectivity index (χ1v) is 5.32. The van der Waals surface area contributed by atoms with Crippen molar-refractivity contribution in [1.82, 2.24) is 0 Å². The van der Waals surface area contributed by atoms with Crippen LogP contribution in [0.25, 0.3) is 0 Å². The van der Waals surface area contributed by atoms with Crippen molar-refractivity contribution in [3.05, 3.63) is 29.8 Å². The van der Waals surface area contributed by atoms with Gasteiger partial charge in [-0.15, -0.1) is 0 Å². The molecule has 0 heterocycles. The molecule has 0 atom stereocenters. The average Bonchev–Trinajstić information content (AvgIpc) is 1.82. The Hall–Kier alpha value is -0.563. The van der Waals surface area contributed by atoms with E-state index in [9.17, 15) is 0 Å². The Kier molecular flexibility index (Phi) is 2.73. The van der Waals surface area contributed by atoms with Crippen molar-refractivity contribution in [3.63, 3.8) is 0 Å². The second-order valence-corrected chi connectivity index (χ2v) is 6.57. The van der Waals surface area contributed by atoms with Gasteiger partial charge in [-0.1, -0.05) is 55.8 Å². The lowest BCUT2D eigenvalue weighted by molar-refractivity contribution is 0.759. The summed E-state index contributed by atoms with van der Waals surface area (Å²) in [4.78, 5) is 0. The summed E-state index contributed by atoms with van der Waals surface area (Å²) in [5, 5.41) is 1.90. The van der Waals surface area contributed by atoms with Crippen LogP contribution >= 0.6 is 0 Å². The minimum Gasteiger partial charge on any atom is -0.0635 e. The molecule has 1 aromatic carbocycles. The second-order valence-electron chi connectivity index (χ2n) is 4.24. The molecule has 12 heavy (non-hydrogen) atoms. The highest BCUT2D eigenvalue weighted by Crippen LogP contribution is 2.19. The highest BCUT2D eigenvalue weighted by molar-refractivity contribution is 6.56. The summed E-state index contributed by atoms with van der Waals surface area (Å²) in [5.74, 6) is 0. The van der Waals surface area contributed by atoms with E-state index in [1.165, 1.54) is 10.8 Å². The summed E-state index contributed by atoms with van der Waals surface area (Å²) in [6, 6.07) is 8.79. The second kappa shape index (κ2) is 3.44. The number of hydrogen-bond acceptors (Lipinski definition) is 0. The van der Waals surface area contributed by atoms with E-state index in [1.54, 1.807) is 0 Å². The average molecular weight is 176 g/mol. The van der Waals surface area contributed by atoms with E-state index in [4.69, 9.17) is 0 Å². The molecular formula is C11H16Si. The van der Waals surface area contributed by atoms with E-state index >= 15 is 0 Å². The van der Waals surface area contributed by atoms with Crippen LogP contribution in [0.2, 0.25) is 5.04 Å². The highest BCUT2D eigenvalue weighted by atomic mass is 28.2. The molecule has 2 radical (unpaired) electrons. The number of hydrogen-bond donors (Lipinski definition) is 0. The molecule has 0 aliphatic carbocycles. The van der Waals surface area contributed by atoms with Gasteiger partial charge >= 0.3 is 0 Å². The molecule has 0 saturated heterocycles. The Labute approximate surface area is 77.8 Å². The van der Waals surface area contributed by atoms with Gasteiger partial charge in [0.15, 0.2) is 0 Å². The van der Waals surface area contributed by atoms with Crippen molar-refractivity contribution in [3.8, 4) is 0 Å². The fourth-order valence-electron chi connectivity index (χ4n) is 1.16. The Balaban J connectivity index is 2.77. The SMILES string of the molecule is Cc1cccc([Si]C(C)(C)C)c1. The number of rotatable bonds is 1. The number of aryl methyl sites for hydroxylation is 1. The van der Waals surface area contributed by atoms with Crippen LogP contribution in [0, 0.1) is 6.92 Å². The zero-order valence-corrected chi connectivity index (χ0v) is 9.31. The zero-order valence-electron chi connectivity index (χ0n) is 8.31. The molecule has 0 fully saturated rings. The molecular weight excluding hydrogens is 160 g/mol. The molecule has 0 bridgehead atoms. The van der Waals surface area contributed by atoms with E-state index in [0.717, 1.165) is 9.52 Å². The maximum atomic E-state index is 2.29. The van der Waals surface area contributed by atoms with Gasteiger partial charge in [-0.25, -0.2) is 0 Å². The van der Waals surface area contributed by atoms with E-state index in [2.05, 4.69) is 52.0 Å².